The summed E-state index contributed by atoms with van der Waals surface area (Å²) in [5, 5.41) is 24.5. The molecule has 1 amide bonds. The van der Waals surface area contributed by atoms with E-state index in [1.807, 2.05) is 42.5 Å². The number of nitrogens with one attached hydrogen (secondary N) is 1. The molecule has 0 bridgehead atoms. The van der Waals surface area contributed by atoms with Gasteiger partial charge in [0.2, 0.25) is 5.91 Å². The molecule has 1 aliphatic heterocycles. The second-order valence-corrected chi connectivity index (χ2v) is 7.06. The number of amides is 1. The number of fused-ring (bicyclic) bond motifs is 1. The number of hydrogen-bond acceptors (Lipinski definition) is 4. The quantitative estimate of drug-likeness (QED) is 0.692. The Kier molecular flexibility index (Phi) is 6.42. The maximum Gasteiger partial charge on any atom is 0.308 e. The van der Waals surface area contributed by atoms with E-state index in [0.29, 0.717) is 32.5 Å². The van der Waals surface area contributed by atoms with Crippen molar-refractivity contribution in [2.75, 3.05) is 19.8 Å². The van der Waals surface area contributed by atoms with Crippen LogP contribution in [0.15, 0.2) is 42.5 Å². The van der Waals surface area contributed by atoms with Gasteiger partial charge in [0.25, 0.3) is 0 Å². The molecule has 2 aromatic carbocycles. The molecule has 0 spiro atoms. The fourth-order valence-electron chi connectivity index (χ4n) is 3.47. The highest BCUT2D eigenvalue weighted by molar-refractivity contribution is 5.83. The second-order valence-electron chi connectivity index (χ2n) is 7.06. The zero-order valence-corrected chi connectivity index (χ0v) is 15.1. The first-order valence-electron chi connectivity index (χ1n) is 9.28. The molecule has 0 aliphatic carbocycles. The van der Waals surface area contributed by atoms with Gasteiger partial charge in [-0.15, -0.1) is 0 Å². The number of ether oxygens (including phenoxy) is 1. The molecule has 144 valence electrons. The summed E-state index contributed by atoms with van der Waals surface area (Å²) < 4.78 is 5.24. The molecule has 2 aromatic rings. The summed E-state index contributed by atoms with van der Waals surface area (Å²) >= 11 is 0. The third-order valence-electron chi connectivity index (χ3n) is 5.15. The van der Waals surface area contributed by atoms with E-state index in [4.69, 9.17) is 4.74 Å². The number of benzene rings is 2. The van der Waals surface area contributed by atoms with Gasteiger partial charge in [0, 0.05) is 19.8 Å². The van der Waals surface area contributed by atoms with E-state index in [9.17, 15) is 19.8 Å². The molecule has 1 fully saturated rings. The number of rotatable bonds is 7. The van der Waals surface area contributed by atoms with Gasteiger partial charge in [0.05, 0.1) is 5.92 Å². The molecule has 1 unspecified atom stereocenters. The minimum atomic E-state index is -1.12. The summed E-state index contributed by atoms with van der Waals surface area (Å²) in [6, 6.07) is 13.8. The van der Waals surface area contributed by atoms with Crippen molar-refractivity contribution in [2.45, 2.75) is 25.4 Å². The van der Waals surface area contributed by atoms with Gasteiger partial charge in [-0.25, -0.2) is 0 Å². The van der Waals surface area contributed by atoms with E-state index in [1.165, 1.54) is 0 Å². The van der Waals surface area contributed by atoms with E-state index in [0.717, 1.165) is 16.3 Å². The zero-order valence-electron chi connectivity index (χ0n) is 15.1. The maximum atomic E-state index is 12.2. The Morgan fingerprint density at radius 3 is 2.52 bits per heavy atom. The average molecular weight is 371 g/mol. The van der Waals surface area contributed by atoms with Crippen LogP contribution in [0.5, 0.6) is 0 Å². The minimum absolute atomic E-state index is 0.0126. The SMILES string of the molecule is O=C(O)C(CNC(=O)[C@@H](O)C1CCOCC1)Cc1ccc2ccccc2c1. The summed E-state index contributed by atoms with van der Waals surface area (Å²) in [4.78, 5) is 23.8. The fraction of sp³-hybridized carbons (Fsp3) is 0.429. The molecule has 3 N–H and O–H groups in total. The zero-order chi connectivity index (χ0) is 19.2. The number of aliphatic hydroxyl groups excluding tert-OH is 1. The summed E-state index contributed by atoms with van der Waals surface area (Å²) in [5.74, 6) is -2.37. The summed E-state index contributed by atoms with van der Waals surface area (Å²) in [7, 11) is 0. The largest absolute Gasteiger partial charge is 0.481 e. The van der Waals surface area contributed by atoms with Gasteiger partial charge in [-0.05, 0) is 41.5 Å². The first-order chi connectivity index (χ1) is 13.0. The minimum Gasteiger partial charge on any atom is -0.481 e. The maximum absolute atomic E-state index is 12.2. The van der Waals surface area contributed by atoms with Crippen LogP contribution in [0.3, 0.4) is 0 Å². The van der Waals surface area contributed by atoms with Crippen molar-refractivity contribution >= 4 is 22.6 Å². The van der Waals surface area contributed by atoms with Crippen molar-refractivity contribution in [2.24, 2.45) is 11.8 Å². The molecule has 0 aromatic heterocycles. The molecule has 6 nitrogen and oxygen atoms in total. The molecule has 6 heteroatoms. The molecule has 1 aliphatic rings. The fourth-order valence-corrected chi connectivity index (χ4v) is 3.47. The number of hydrogen-bond donors (Lipinski definition) is 3. The first-order valence-corrected chi connectivity index (χ1v) is 9.28. The van der Waals surface area contributed by atoms with Gasteiger partial charge in [0.15, 0.2) is 0 Å². The van der Waals surface area contributed by atoms with Crippen molar-refractivity contribution in [3.05, 3.63) is 48.0 Å². The Morgan fingerprint density at radius 2 is 1.81 bits per heavy atom. The lowest BCUT2D eigenvalue weighted by atomic mass is 9.93. The van der Waals surface area contributed by atoms with Gasteiger partial charge in [-0.1, -0.05) is 42.5 Å². The lowest BCUT2D eigenvalue weighted by molar-refractivity contribution is -0.142. The van der Waals surface area contributed by atoms with Crippen LogP contribution in [-0.2, 0) is 20.7 Å². The van der Waals surface area contributed by atoms with Crippen molar-refractivity contribution in [1.82, 2.24) is 5.32 Å². The molecule has 0 saturated carbocycles. The number of aliphatic carboxylic acids is 1. The molecule has 0 radical (unpaired) electrons. The highest BCUT2D eigenvalue weighted by atomic mass is 16.5. The Labute approximate surface area is 158 Å². The first kappa shape index (κ1) is 19.3. The van der Waals surface area contributed by atoms with Crippen LogP contribution in [0, 0.1) is 11.8 Å². The van der Waals surface area contributed by atoms with Crippen LogP contribution in [0.2, 0.25) is 0 Å². The molecule has 1 saturated heterocycles. The van der Waals surface area contributed by atoms with Crippen LogP contribution >= 0.6 is 0 Å². The van der Waals surface area contributed by atoms with Crippen LogP contribution in [-0.4, -0.2) is 48.0 Å². The standard InChI is InChI=1S/C21H25NO5/c23-19(16-7-9-27-10-8-16)20(24)22-13-18(21(25)26)12-14-5-6-15-3-1-2-4-17(15)11-14/h1-6,11,16,18-19,23H,7-10,12-13H2,(H,22,24)(H,25,26)/t18?,19-/m0/s1. The molecule has 2 atom stereocenters. The third kappa shape index (κ3) is 5.05. The summed E-state index contributed by atoms with van der Waals surface area (Å²) in [6.07, 6.45) is 0.458. The smallest absolute Gasteiger partial charge is 0.308 e. The molecule has 1 heterocycles. The van der Waals surface area contributed by atoms with Crippen molar-refractivity contribution in [3.8, 4) is 0 Å². The van der Waals surface area contributed by atoms with E-state index < -0.39 is 23.9 Å². The van der Waals surface area contributed by atoms with Crippen LogP contribution in [0.4, 0.5) is 0 Å². The highest BCUT2D eigenvalue weighted by Gasteiger charge is 2.29. The van der Waals surface area contributed by atoms with Crippen molar-refractivity contribution in [3.63, 3.8) is 0 Å². The monoisotopic (exact) mass is 371 g/mol. The Balaban J connectivity index is 1.59. The van der Waals surface area contributed by atoms with Crippen LogP contribution < -0.4 is 5.32 Å². The number of carbonyl (C=O) groups is 2. The van der Waals surface area contributed by atoms with Gasteiger partial charge >= 0.3 is 5.97 Å². The van der Waals surface area contributed by atoms with Crippen LogP contribution in [0.1, 0.15) is 18.4 Å². The molecular weight excluding hydrogens is 346 g/mol. The van der Waals surface area contributed by atoms with E-state index in [1.54, 1.807) is 0 Å². The van der Waals surface area contributed by atoms with Gasteiger partial charge in [0.1, 0.15) is 6.10 Å². The molecule has 3 rings (SSSR count). The van der Waals surface area contributed by atoms with Crippen molar-refractivity contribution in [1.29, 1.82) is 0 Å². The predicted molar refractivity (Wildman–Crippen MR) is 101 cm³/mol. The third-order valence-corrected chi connectivity index (χ3v) is 5.15. The molecule has 27 heavy (non-hydrogen) atoms. The number of carbonyl (C=O) groups excluding carboxylic acids is 1. The Bertz CT molecular complexity index is 800. The Hall–Kier alpha value is -2.44. The normalized spacial score (nSPS) is 17.4. The van der Waals surface area contributed by atoms with Crippen molar-refractivity contribution < 1.29 is 24.5 Å². The summed E-state index contributed by atoms with van der Waals surface area (Å²) in [5.41, 5.74) is 0.903. The lowest BCUT2D eigenvalue weighted by Crippen LogP contribution is -2.44. The predicted octanol–water partition coefficient (Wildman–Crippen LogP) is 1.99. The number of aliphatic hydroxyl groups is 1. The summed E-state index contributed by atoms with van der Waals surface area (Å²) in [6.45, 7) is 1.06. The highest BCUT2D eigenvalue weighted by Crippen LogP contribution is 2.20. The molecular formula is C21H25NO5. The number of carboxylic acids is 1. The number of carboxylic acid groups (broad SMARTS) is 1. The Morgan fingerprint density at radius 1 is 1.11 bits per heavy atom. The van der Waals surface area contributed by atoms with Gasteiger partial charge < -0.3 is 20.3 Å². The van der Waals surface area contributed by atoms with Gasteiger partial charge in [-0.3, -0.25) is 9.59 Å². The van der Waals surface area contributed by atoms with E-state index >= 15 is 0 Å². The topological polar surface area (TPSA) is 95.9 Å². The van der Waals surface area contributed by atoms with Crippen LogP contribution in [0.25, 0.3) is 10.8 Å². The van der Waals surface area contributed by atoms with E-state index in [2.05, 4.69) is 5.32 Å². The van der Waals surface area contributed by atoms with Gasteiger partial charge in [-0.2, -0.15) is 0 Å². The van der Waals surface area contributed by atoms with E-state index in [-0.39, 0.29) is 12.5 Å². The second kappa shape index (κ2) is 8.97. The lowest BCUT2D eigenvalue weighted by Gasteiger charge is -2.26. The average Bonchev–Trinajstić information content (AvgIpc) is 2.70.